The van der Waals surface area contributed by atoms with E-state index in [1.165, 1.54) is 12.1 Å². The molecule has 0 heterocycles. The van der Waals surface area contributed by atoms with E-state index in [9.17, 15) is 18.9 Å². The number of nitriles is 2. The van der Waals surface area contributed by atoms with Crippen LogP contribution in [0.15, 0.2) is 53.4 Å². The quantitative estimate of drug-likeness (QED) is 0.840. The molecule has 0 aromatic heterocycles. The lowest BCUT2D eigenvalue weighted by Crippen LogP contribution is -2.14. The van der Waals surface area contributed by atoms with Crippen LogP contribution in [-0.4, -0.2) is 13.7 Å². The van der Waals surface area contributed by atoms with E-state index in [0.717, 1.165) is 5.56 Å². The first-order valence-electron chi connectivity index (χ1n) is 7.25. The van der Waals surface area contributed by atoms with Gasteiger partial charge < -0.3 is 0 Å². The molecule has 2 aromatic rings. The Hall–Kier alpha value is -2.34. The van der Waals surface area contributed by atoms with Gasteiger partial charge in [0.05, 0.1) is 17.0 Å². The summed E-state index contributed by atoms with van der Waals surface area (Å²) in [5.41, 5.74) is -0.00797. The van der Waals surface area contributed by atoms with Crippen molar-refractivity contribution in [3.63, 3.8) is 0 Å². The molecule has 0 saturated heterocycles. The van der Waals surface area contributed by atoms with E-state index in [1.54, 1.807) is 36.4 Å². The molecule has 24 heavy (non-hydrogen) atoms. The van der Waals surface area contributed by atoms with Crippen molar-refractivity contribution in [2.75, 3.05) is 0 Å². The number of halogens is 1. The van der Waals surface area contributed by atoms with Crippen molar-refractivity contribution in [1.29, 1.82) is 10.5 Å². The van der Waals surface area contributed by atoms with E-state index in [1.807, 2.05) is 19.1 Å². The first-order chi connectivity index (χ1) is 11.4. The summed E-state index contributed by atoms with van der Waals surface area (Å²) in [6.45, 7) is 1.86. The Labute approximate surface area is 145 Å². The maximum absolute atomic E-state index is 13.0. The van der Waals surface area contributed by atoms with Gasteiger partial charge in [-0.05, 0) is 36.8 Å². The topological polar surface area (TPSA) is 81.7 Å². The Morgan fingerprint density at radius 1 is 1.00 bits per heavy atom. The molecule has 1 aliphatic carbocycles. The Morgan fingerprint density at radius 3 is 2.04 bits per heavy atom. The molecular weight excluding hydrogens is 344 g/mol. The van der Waals surface area contributed by atoms with Crippen molar-refractivity contribution in [1.82, 2.24) is 0 Å². The van der Waals surface area contributed by atoms with E-state index in [4.69, 9.17) is 11.6 Å². The summed E-state index contributed by atoms with van der Waals surface area (Å²) in [5, 5.41) is 18.4. The number of hydrogen-bond acceptors (Lipinski definition) is 4. The summed E-state index contributed by atoms with van der Waals surface area (Å²) in [6, 6.07) is 16.9. The Balaban J connectivity index is 2.09. The molecule has 2 aromatic carbocycles. The summed E-state index contributed by atoms with van der Waals surface area (Å²) < 4.78 is 25.9. The van der Waals surface area contributed by atoms with Crippen LogP contribution in [0.3, 0.4) is 0 Å². The maximum atomic E-state index is 13.0. The molecule has 120 valence electrons. The smallest absolute Gasteiger partial charge is 0.184 e. The number of rotatable bonds is 3. The van der Waals surface area contributed by atoms with Crippen LogP contribution < -0.4 is 0 Å². The Bertz CT molecular complexity index is 954. The minimum absolute atomic E-state index is 0.129. The van der Waals surface area contributed by atoms with Gasteiger partial charge in [0.25, 0.3) is 0 Å². The van der Waals surface area contributed by atoms with E-state index in [-0.39, 0.29) is 4.90 Å². The zero-order valence-electron chi connectivity index (χ0n) is 12.8. The van der Waals surface area contributed by atoms with Gasteiger partial charge in [-0.3, -0.25) is 0 Å². The first-order valence-corrected chi connectivity index (χ1v) is 9.18. The van der Waals surface area contributed by atoms with Crippen molar-refractivity contribution in [2.45, 2.75) is 23.0 Å². The molecule has 1 fully saturated rings. The molecule has 2 atom stereocenters. The molecule has 0 unspecified atom stereocenters. The lowest BCUT2D eigenvalue weighted by atomic mass is 10.0. The van der Waals surface area contributed by atoms with Gasteiger partial charge in [-0.25, -0.2) is 8.42 Å². The monoisotopic (exact) mass is 356 g/mol. The normalized spacial score (nSPS) is 21.5. The third kappa shape index (κ3) is 2.38. The van der Waals surface area contributed by atoms with E-state index in [0.29, 0.717) is 10.6 Å². The second kappa shape index (κ2) is 5.63. The molecule has 0 N–H and O–H groups in total. The summed E-state index contributed by atoms with van der Waals surface area (Å²) >= 11 is 5.86. The third-order valence-corrected chi connectivity index (χ3v) is 6.91. The molecule has 0 amide bonds. The molecule has 1 aliphatic rings. The van der Waals surface area contributed by atoms with Crippen LogP contribution in [0.5, 0.6) is 0 Å². The van der Waals surface area contributed by atoms with Gasteiger partial charge in [0.15, 0.2) is 15.3 Å². The Kier molecular flexibility index (Phi) is 3.87. The van der Waals surface area contributed by atoms with Crippen LogP contribution in [0.1, 0.15) is 17.0 Å². The summed E-state index contributed by atoms with van der Waals surface area (Å²) in [7, 11) is -3.80. The van der Waals surface area contributed by atoms with E-state index in [2.05, 4.69) is 0 Å². The second-order valence-electron chi connectivity index (χ2n) is 5.90. The fourth-order valence-corrected chi connectivity index (χ4v) is 5.38. The number of nitrogens with zero attached hydrogens (tertiary/aromatic N) is 2. The average molecular weight is 357 g/mol. The van der Waals surface area contributed by atoms with Crippen molar-refractivity contribution in [3.05, 3.63) is 64.7 Å². The standard InChI is InChI=1S/C18H13ClN2O2S/c1-12-2-8-15(9-3-12)24(22,23)17-16(18(17,10-20)11-21)13-4-6-14(19)7-5-13/h2-9,16-17H,1H3/t16-,17-/m0/s1. The fourth-order valence-electron chi connectivity index (χ4n) is 3.05. The highest BCUT2D eigenvalue weighted by Gasteiger charge is 2.73. The average Bonchev–Trinajstić information content (AvgIpc) is 3.26. The molecule has 0 spiro atoms. The highest BCUT2D eigenvalue weighted by molar-refractivity contribution is 7.92. The molecule has 0 aliphatic heterocycles. The van der Waals surface area contributed by atoms with Gasteiger partial charge in [0.2, 0.25) is 0 Å². The number of sulfone groups is 1. The van der Waals surface area contributed by atoms with Gasteiger partial charge in [-0.2, -0.15) is 10.5 Å². The van der Waals surface area contributed by atoms with Gasteiger partial charge in [-0.1, -0.05) is 41.4 Å². The largest absolute Gasteiger partial charge is 0.223 e. The zero-order valence-corrected chi connectivity index (χ0v) is 14.3. The highest BCUT2D eigenvalue weighted by atomic mass is 35.5. The van der Waals surface area contributed by atoms with Crippen molar-refractivity contribution in [3.8, 4) is 12.1 Å². The predicted octanol–water partition coefficient (Wildman–Crippen LogP) is 3.62. The van der Waals surface area contributed by atoms with Crippen LogP contribution in [-0.2, 0) is 9.84 Å². The van der Waals surface area contributed by atoms with Crippen LogP contribution in [0.25, 0.3) is 0 Å². The van der Waals surface area contributed by atoms with Crippen molar-refractivity contribution < 1.29 is 8.42 Å². The number of hydrogen-bond donors (Lipinski definition) is 0. The van der Waals surface area contributed by atoms with Gasteiger partial charge >= 0.3 is 0 Å². The van der Waals surface area contributed by atoms with Crippen molar-refractivity contribution in [2.24, 2.45) is 5.41 Å². The van der Waals surface area contributed by atoms with Crippen LogP contribution in [0.2, 0.25) is 5.02 Å². The van der Waals surface area contributed by atoms with Crippen LogP contribution in [0.4, 0.5) is 0 Å². The van der Waals surface area contributed by atoms with Crippen LogP contribution in [0, 0.1) is 35.0 Å². The fraction of sp³-hybridized carbons (Fsp3) is 0.222. The predicted molar refractivity (Wildman–Crippen MR) is 90.0 cm³/mol. The molecule has 4 nitrogen and oxygen atoms in total. The SMILES string of the molecule is Cc1ccc(S(=O)(=O)[C@H]2[C@H](c3ccc(Cl)cc3)C2(C#N)C#N)cc1. The van der Waals surface area contributed by atoms with Gasteiger partial charge in [0.1, 0.15) is 5.25 Å². The molecular formula is C18H13ClN2O2S. The summed E-state index contributed by atoms with van der Waals surface area (Å²) in [4.78, 5) is 0.129. The molecule has 3 rings (SSSR count). The maximum Gasteiger partial charge on any atom is 0.184 e. The minimum Gasteiger partial charge on any atom is -0.223 e. The van der Waals surface area contributed by atoms with Gasteiger partial charge in [-0.15, -0.1) is 0 Å². The van der Waals surface area contributed by atoms with E-state index >= 15 is 0 Å². The van der Waals surface area contributed by atoms with Crippen molar-refractivity contribution >= 4 is 21.4 Å². The summed E-state index contributed by atoms with van der Waals surface area (Å²) in [5.74, 6) is -0.684. The second-order valence-corrected chi connectivity index (χ2v) is 8.41. The number of benzene rings is 2. The molecule has 0 bridgehead atoms. The van der Waals surface area contributed by atoms with Gasteiger partial charge in [0, 0.05) is 10.9 Å². The summed E-state index contributed by atoms with van der Waals surface area (Å²) in [6.07, 6.45) is 0. The zero-order chi connectivity index (χ0) is 17.5. The third-order valence-electron chi connectivity index (χ3n) is 4.42. The van der Waals surface area contributed by atoms with E-state index < -0.39 is 26.4 Å². The van der Waals surface area contributed by atoms with Crippen LogP contribution >= 0.6 is 11.6 Å². The number of aryl methyl sites for hydroxylation is 1. The molecule has 6 heteroatoms. The Morgan fingerprint density at radius 2 is 1.54 bits per heavy atom. The lowest BCUT2D eigenvalue weighted by molar-refractivity contribution is 0.591. The lowest BCUT2D eigenvalue weighted by Gasteiger charge is -2.04. The minimum atomic E-state index is -3.80. The molecule has 0 radical (unpaired) electrons. The first kappa shape index (κ1) is 16.5. The highest BCUT2D eigenvalue weighted by Crippen LogP contribution is 2.63. The molecule has 1 saturated carbocycles.